The fourth-order valence-corrected chi connectivity index (χ4v) is 1.67. The number of carbonyl (C=O) groups excluding carboxylic acids is 1. The second-order valence-electron chi connectivity index (χ2n) is 4.02. The summed E-state index contributed by atoms with van der Waals surface area (Å²) in [4.78, 5) is 16.0. The molecule has 1 aliphatic carbocycles. The standard InChI is InChI=1S/C12H17NO3.W/c1-7-5-10(11(15)6-8(7)2)12(9(3)14)13-16-4;/h15H,5-6H2,1-4H3;/b13-12+;. The molecule has 94 valence electrons. The van der Waals surface area contributed by atoms with Crippen LogP contribution in [0.2, 0.25) is 0 Å². The molecular weight excluding hydrogens is 390 g/mol. The number of hydrogen-bond acceptors (Lipinski definition) is 4. The van der Waals surface area contributed by atoms with Gasteiger partial charge in [-0.2, -0.15) is 0 Å². The number of rotatable bonds is 3. The van der Waals surface area contributed by atoms with E-state index in [1.54, 1.807) is 0 Å². The van der Waals surface area contributed by atoms with Gasteiger partial charge in [-0.05, 0) is 20.3 Å². The molecule has 0 spiro atoms. The van der Waals surface area contributed by atoms with Gasteiger partial charge < -0.3 is 9.94 Å². The van der Waals surface area contributed by atoms with Crippen LogP contribution in [-0.4, -0.2) is 23.7 Å². The molecule has 4 nitrogen and oxygen atoms in total. The molecule has 0 saturated carbocycles. The van der Waals surface area contributed by atoms with Gasteiger partial charge in [-0.25, -0.2) is 0 Å². The molecule has 5 heteroatoms. The maximum Gasteiger partial charge on any atom is 0.181 e. The van der Waals surface area contributed by atoms with Gasteiger partial charge >= 0.3 is 0 Å². The topological polar surface area (TPSA) is 58.9 Å². The van der Waals surface area contributed by atoms with E-state index in [1.807, 2.05) is 13.8 Å². The molecule has 1 rings (SSSR count). The SMILES string of the molecule is CO/N=C(\C(C)=O)C1=C(O)CC(C)=C(C)C1.[W]. The third-order valence-corrected chi connectivity index (χ3v) is 2.75. The number of nitrogens with zero attached hydrogens (tertiary/aromatic N) is 1. The normalized spacial score (nSPS) is 16.8. The minimum Gasteiger partial charge on any atom is -0.512 e. The maximum absolute atomic E-state index is 11.4. The predicted octanol–water partition coefficient (Wildman–Crippen LogP) is 2.52. The third-order valence-electron chi connectivity index (χ3n) is 2.75. The van der Waals surface area contributed by atoms with Crippen molar-refractivity contribution in [2.45, 2.75) is 33.6 Å². The van der Waals surface area contributed by atoms with Gasteiger partial charge in [0.2, 0.25) is 0 Å². The summed E-state index contributed by atoms with van der Waals surface area (Å²) in [5, 5.41) is 13.5. The Morgan fingerprint density at radius 3 is 2.29 bits per heavy atom. The van der Waals surface area contributed by atoms with E-state index in [0.717, 1.165) is 11.1 Å². The van der Waals surface area contributed by atoms with E-state index in [9.17, 15) is 9.90 Å². The van der Waals surface area contributed by atoms with Crippen LogP contribution < -0.4 is 0 Å². The number of hydrogen-bond donors (Lipinski definition) is 1. The van der Waals surface area contributed by atoms with Gasteiger partial charge in [0.15, 0.2) is 11.5 Å². The second kappa shape index (κ2) is 6.75. The molecule has 0 aliphatic heterocycles. The van der Waals surface area contributed by atoms with Crippen molar-refractivity contribution < 1.29 is 35.8 Å². The van der Waals surface area contributed by atoms with Crippen molar-refractivity contribution >= 4 is 11.5 Å². The Balaban J connectivity index is 0.00000256. The molecule has 0 atom stereocenters. The van der Waals surface area contributed by atoms with Gasteiger partial charge in [0.05, 0.1) is 0 Å². The van der Waals surface area contributed by atoms with Crippen molar-refractivity contribution in [1.82, 2.24) is 0 Å². The van der Waals surface area contributed by atoms with Crippen LogP contribution in [0.3, 0.4) is 0 Å². The van der Waals surface area contributed by atoms with Crippen LogP contribution in [0.25, 0.3) is 0 Å². The van der Waals surface area contributed by atoms with Crippen molar-refractivity contribution in [3.63, 3.8) is 0 Å². The Morgan fingerprint density at radius 1 is 1.29 bits per heavy atom. The van der Waals surface area contributed by atoms with E-state index < -0.39 is 0 Å². The molecule has 0 heterocycles. The summed E-state index contributed by atoms with van der Waals surface area (Å²) in [6.07, 6.45) is 1.04. The molecule has 0 radical (unpaired) electrons. The predicted molar refractivity (Wildman–Crippen MR) is 62.4 cm³/mol. The Hall–Kier alpha value is -0.892. The van der Waals surface area contributed by atoms with Crippen LogP contribution in [0, 0.1) is 0 Å². The van der Waals surface area contributed by atoms with Gasteiger partial charge in [0, 0.05) is 40.0 Å². The first-order valence-corrected chi connectivity index (χ1v) is 5.16. The van der Waals surface area contributed by atoms with Crippen molar-refractivity contribution in [3.8, 4) is 0 Å². The minimum atomic E-state index is -0.198. The molecule has 1 N–H and O–H groups in total. The van der Waals surface area contributed by atoms with Gasteiger partial charge in [0.25, 0.3) is 0 Å². The van der Waals surface area contributed by atoms with Crippen molar-refractivity contribution in [2.24, 2.45) is 5.16 Å². The van der Waals surface area contributed by atoms with Gasteiger partial charge in [-0.1, -0.05) is 16.3 Å². The molecule has 0 fully saturated rings. The summed E-state index contributed by atoms with van der Waals surface area (Å²) < 4.78 is 0. The number of allylic oxidation sites excluding steroid dienone is 3. The smallest absolute Gasteiger partial charge is 0.181 e. The molecule has 1 aliphatic rings. The van der Waals surface area contributed by atoms with Crippen molar-refractivity contribution in [2.75, 3.05) is 7.11 Å². The number of ketones is 1. The molecular formula is C12H17NO3W. The molecule has 0 aromatic carbocycles. The number of oxime groups is 1. The van der Waals surface area contributed by atoms with Crippen LogP contribution in [0.15, 0.2) is 27.6 Å². The number of aliphatic hydroxyl groups excluding tert-OH is 1. The quantitative estimate of drug-likeness (QED) is 0.445. The average Bonchev–Trinajstić information content (AvgIpc) is 2.20. The molecule has 0 aromatic rings. The summed E-state index contributed by atoms with van der Waals surface area (Å²) in [5.74, 6) is 0.0184. The fraction of sp³-hybridized carbons (Fsp3) is 0.500. The summed E-state index contributed by atoms with van der Waals surface area (Å²) in [6.45, 7) is 5.38. The second-order valence-corrected chi connectivity index (χ2v) is 4.02. The zero-order valence-corrected chi connectivity index (χ0v) is 13.5. The van der Waals surface area contributed by atoms with E-state index in [2.05, 4.69) is 9.99 Å². The Labute approximate surface area is 116 Å². The summed E-state index contributed by atoms with van der Waals surface area (Å²) >= 11 is 0. The van der Waals surface area contributed by atoms with E-state index in [1.165, 1.54) is 14.0 Å². The first-order valence-electron chi connectivity index (χ1n) is 5.16. The van der Waals surface area contributed by atoms with E-state index in [0.29, 0.717) is 18.4 Å². The third kappa shape index (κ3) is 3.81. The Morgan fingerprint density at radius 2 is 1.82 bits per heavy atom. The van der Waals surface area contributed by atoms with Gasteiger partial charge in [0.1, 0.15) is 12.9 Å². The number of aliphatic hydroxyl groups is 1. The van der Waals surface area contributed by atoms with Gasteiger partial charge in [-0.3, -0.25) is 4.79 Å². The van der Waals surface area contributed by atoms with Crippen LogP contribution >= 0.6 is 0 Å². The Bertz CT molecular complexity index is 408. The molecule has 0 aromatic heterocycles. The number of carbonyl (C=O) groups is 1. The zero-order chi connectivity index (χ0) is 12.3. The van der Waals surface area contributed by atoms with Crippen LogP contribution in [0.1, 0.15) is 33.6 Å². The first-order chi connectivity index (χ1) is 7.47. The summed E-state index contributed by atoms with van der Waals surface area (Å²) in [5.41, 5.74) is 3.10. The van der Waals surface area contributed by atoms with E-state index >= 15 is 0 Å². The number of Topliss-reactive ketones (excluding diaryl/α,β-unsaturated/α-hetero) is 1. The van der Waals surface area contributed by atoms with Crippen molar-refractivity contribution in [3.05, 3.63) is 22.5 Å². The molecule has 0 unspecified atom stereocenters. The zero-order valence-electron chi connectivity index (χ0n) is 10.5. The van der Waals surface area contributed by atoms with Gasteiger partial charge in [-0.15, -0.1) is 0 Å². The van der Waals surface area contributed by atoms with E-state index in [4.69, 9.17) is 0 Å². The molecule has 0 bridgehead atoms. The van der Waals surface area contributed by atoms with Crippen LogP contribution in [0.5, 0.6) is 0 Å². The molecule has 0 saturated heterocycles. The first kappa shape index (κ1) is 16.1. The minimum absolute atomic E-state index is 0. The van der Waals surface area contributed by atoms with Crippen LogP contribution in [0.4, 0.5) is 0 Å². The fourth-order valence-electron chi connectivity index (χ4n) is 1.67. The molecule has 17 heavy (non-hydrogen) atoms. The molecule has 0 amide bonds. The summed E-state index contributed by atoms with van der Waals surface area (Å²) in [6, 6.07) is 0. The van der Waals surface area contributed by atoms with Crippen LogP contribution in [-0.2, 0) is 30.7 Å². The van der Waals surface area contributed by atoms with E-state index in [-0.39, 0.29) is 38.3 Å². The monoisotopic (exact) mass is 407 g/mol. The largest absolute Gasteiger partial charge is 0.512 e. The summed E-state index contributed by atoms with van der Waals surface area (Å²) in [7, 11) is 1.39. The average molecular weight is 407 g/mol. The van der Waals surface area contributed by atoms with Crippen molar-refractivity contribution in [1.29, 1.82) is 0 Å². The Kier molecular flexibility index (Phi) is 6.40. The maximum atomic E-state index is 11.4.